The summed E-state index contributed by atoms with van der Waals surface area (Å²) in [6.07, 6.45) is 3.05. The van der Waals surface area contributed by atoms with Gasteiger partial charge in [0.05, 0.1) is 17.4 Å². The number of nitrogens with two attached hydrogens (primary N) is 1. The number of aryl methyl sites for hydroxylation is 1. The van der Waals surface area contributed by atoms with E-state index in [1.165, 1.54) is 6.20 Å². The fourth-order valence-electron chi connectivity index (χ4n) is 1.48. The average molecular weight is 225 g/mol. The largest absolute Gasteiger partial charge is 0.452 e. The summed E-state index contributed by atoms with van der Waals surface area (Å²) in [5, 5.41) is 8.95. The van der Waals surface area contributed by atoms with Gasteiger partial charge < -0.3 is 10.5 Å². The van der Waals surface area contributed by atoms with Crippen LogP contribution in [0.3, 0.4) is 0 Å². The fourth-order valence-corrected chi connectivity index (χ4v) is 1.48. The number of benzene rings is 1. The van der Waals surface area contributed by atoms with Crippen molar-refractivity contribution in [2.24, 2.45) is 0 Å². The van der Waals surface area contributed by atoms with Gasteiger partial charge in [0.1, 0.15) is 6.07 Å². The second-order valence-corrected chi connectivity index (χ2v) is 3.58. The first kappa shape index (κ1) is 11.0. The molecule has 1 heterocycles. The summed E-state index contributed by atoms with van der Waals surface area (Å²) in [5.74, 6) is 0.980. The summed E-state index contributed by atoms with van der Waals surface area (Å²) in [4.78, 5) is 3.93. The van der Waals surface area contributed by atoms with Gasteiger partial charge in [0.15, 0.2) is 11.5 Å². The highest BCUT2D eigenvalue weighted by Gasteiger charge is 2.08. The second-order valence-electron chi connectivity index (χ2n) is 3.58. The number of nitrogens with zero attached hydrogens (tertiary/aromatic N) is 2. The van der Waals surface area contributed by atoms with Crippen molar-refractivity contribution in [1.82, 2.24) is 4.98 Å². The normalized spacial score (nSPS) is 9.65. The molecule has 84 valence electrons. The van der Waals surface area contributed by atoms with Crippen LogP contribution in [0.5, 0.6) is 11.5 Å². The van der Waals surface area contributed by atoms with Gasteiger partial charge in [0.25, 0.3) is 0 Å². The fraction of sp³-hybridized carbons (Fsp3) is 0.0769. The molecule has 1 aromatic heterocycles. The van der Waals surface area contributed by atoms with Gasteiger partial charge in [-0.25, -0.2) is 0 Å². The Balaban J connectivity index is 2.42. The number of ether oxygens (including phenoxy) is 1. The highest BCUT2D eigenvalue weighted by molar-refractivity contribution is 5.58. The van der Waals surface area contributed by atoms with Crippen LogP contribution in [0.1, 0.15) is 11.1 Å². The number of rotatable bonds is 2. The summed E-state index contributed by atoms with van der Waals surface area (Å²) < 4.78 is 5.65. The van der Waals surface area contributed by atoms with Crippen LogP contribution < -0.4 is 10.5 Å². The number of hydrogen-bond acceptors (Lipinski definition) is 4. The monoisotopic (exact) mass is 225 g/mol. The minimum atomic E-state index is 0.413. The molecule has 0 amide bonds. The predicted octanol–water partition coefficient (Wildman–Crippen LogP) is 2.64. The van der Waals surface area contributed by atoms with Crippen LogP contribution in [-0.2, 0) is 0 Å². The van der Waals surface area contributed by atoms with E-state index in [-0.39, 0.29) is 0 Å². The number of aromatic nitrogens is 1. The molecular weight excluding hydrogens is 214 g/mol. The Labute approximate surface area is 99.3 Å². The summed E-state index contributed by atoms with van der Waals surface area (Å²) in [6, 6.07) is 9.15. The molecule has 2 N–H and O–H groups in total. The first-order valence-electron chi connectivity index (χ1n) is 5.09. The van der Waals surface area contributed by atoms with Gasteiger partial charge in [-0.1, -0.05) is 12.1 Å². The highest BCUT2D eigenvalue weighted by atomic mass is 16.5. The van der Waals surface area contributed by atoms with Gasteiger partial charge in [0.2, 0.25) is 0 Å². The number of nitriles is 1. The number of nitrogen functional groups attached to an aromatic ring is 1. The van der Waals surface area contributed by atoms with E-state index in [0.717, 1.165) is 5.56 Å². The third kappa shape index (κ3) is 2.18. The molecule has 17 heavy (non-hydrogen) atoms. The van der Waals surface area contributed by atoms with E-state index in [1.807, 2.05) is 25.1 Å². The Morgan fingerprint density at radius 2 is 2.18 bits per heavy atom. The topological polar surface area (TPSA) is 71.9 Å². The van der Waals surface area contributed by atoms with Crippen molar-refractivity contribution < 1.29 is 4.74 Å². The second kappa shape index (κ2) is 4.54. The quantitative estimate of drug-likeness (QED) is 0.797. The van der Waals surface area contributed by atoms with Crippen LogP contribution in [0.25, 0.3) is 0 Å². The van der Waals surface area contributed by atoms with Crippen molar-refractivity contribution in [2.75, 3.05) is 5.73 Å². The average Bonchev–Trinajstić information content (AvgIpc) is 2.34. The smallest absolute Gasteiger partial charge is 0.163 e. The summed E-state index contributed by atoms with van der Waals surface area (Å²) in [7, 11) is 0. The van der Waals surface area contributed by atoms with Crippen LogP contribution in [0, 0.1) is 18.3 Å². The first-order valence-corrected chi connectivity index (χ1v) is 5.09. The maximum Gasteiger partial charge on any atom is 0.163 e. The maximum atomic E-state index is 8.95. The number of pyridine rings is 1. The third-order valence-corrected chi connectivity index (χ3v) is 2.36. The SMILES string of the molecule is Cc1cccc(N)c1Oc1cnccc1C#N. The van der Waals surface area contributed by atoms with Crippen molar-refractivity contribution in [1.29, 1.82) is 5.26 Å². The van der Waals surface area contributed by atoms with Crippen LogP contribution in [0.4, 0.5) is 5.69 Å². The molecular formula is C13H11N3O. The van der Waals surface area contributed by atoms with Crippen molar-refractivity contribution >= 4 is 5.69 Å². The molecule has 0 aliphatic heterocycles. The molecule has 0 unspecified atom stereocenters. The molecule has 0 saturated heterocycles. The highest BCUT2D eigenvalue weighted by Crippen LogP contribution is 2.31. The molecule has 0 radical (unpaired) electrons. The van der Waals surface area contributed by atoms with Gasteiger partial charge in [-0.2, -0.15) is 5.26 Å². The predicted molar refractivity (Wildman–Crippen MR) is 64.6 cm³/mol. The van der Waals surface area contributed by atoms with E-state index < -0.39 is 0 Å². The maximum absolute atomic E-state index is 8.95. The molecule has 4 heteroatoms. The van der Waals surface area contributed by atoms with E-state index in [1.54, 1.807) is 18.3 Å². The van der Waals surface area contributed by atoms with Gasteiger partial charge in [-0.05, 0) is 24.6 Å². The van der Waals surface area contributed by atoms with Crippen LogP contribution in [0.2, 0.25) is 0 Å². The molecule has 0 bridgehead atoms. The zero-order chi connectivity index (χ0) is 12.3. The standard InChI is InChI=1S/C13H11N3O/c1-9-3-2-4-11(15)13(9)17-12-8-16-6-5-10(12)7-14/h2-6,8H,15H2,1H3. The van der Waals surface area contributed by atoms with Gasteiger partial charge in [-0.15, -0.1) is 0 Å². The molecule has 0 spiro atoms. The lowest BCUT2D eigenvalue weighted by atomic mass is 10.2. The molecule has 0 aliphatic carbocycles. The molecule has 1 aromatic carbocycles. The zero-order valence-corrected chi connectivity index (χ0v) is 9.34. The van der Waals surface area contributed by atoms with E-state index in [0.29, 0.717) is 22.7 Å². The number of para-hydroxylation sites is 1. The lowest BCUT2D eigenvalue weighted by Crippen LogP contribution is -1.96. The van der Waals surface area contributed by atoms with E-state index in [2.05, 4.69) is 4.98 Å². The third-order valence-electron chi connectivity index (χ3n) is 2.36. The molecule has 0 saturated carbocycles. The molecule has 4 nitrogen and oxygen atoms in total. The Morgan fingerprint density at radius 3 is 2.88 bits per heavy atom. The number of anilines is 1. The summed E-state index contributed by atoms with van der Waals surface area (Å²) in [5.41, 5.74) is 7.72. The Bertz CT molecular complexity index is 567. The van der Waals surface area contributed by atoms with E-state index >= 15 is 0 Å². The van der Waals surface area contributed by atoms with Crippen molar-refractivity contribution in [3.8, 4) is 17.6 Å². The van der Waals surface area contributed by atoms with Gasteiger partial charge in [-0.3, -0.25) is 4.98 Å². The lowest BCUT2D eigenvalue weighted by molar-refractivity contribution is 0.477. The first-order chi connectivity index (χ1) is 8.22. The minimum absolute atomic E-state index is 0.413. The molecule has 0 fully saturated rings. The molecule has 0 atom stereocenters. The minimum Gasteiger partial charge on any atom is -0.452 e. The molecule has 0 aliphatic rings. The van der Waals surface area contributed by atoms with Crippen molar-refractivity contribution in [2.45, 2.75) is 6.92 Å². The Kier molecular flexibility index (Phi) is 2.93. The Morgan fingerprint density at radius 1 is 1.35 bits per heavy atom. The zero-order valence-electron chi connectivity index (χ0n) is 9.34. The van der Waals surface area contributed by atoms with Crippen LogP contribution in [-0.4, -0.2) is 4.98 Å². The van der Waals surface area contributed by atoms with Crippen LogP contribution in [0.15, 0.2) is 36.7 Å². The summed E-state index contributed by atoms with van der Waals surface area (Å²) >= 11 is 0. The number of hydrogen-bond donors (Lipinski definition) is 1. The van der Waals surface area contributed by atoms with Crippen LogP contribution >= 0.6 is 0 Å². The molecule has 2 aromatic rings. The summed E-state index contributed by atoms with van der Waals surface area (Å²) in [6.45, 7) is 1.90. The van der Waals surface area contributed by atoms with E-state index in [9.17, 15) is 0 Å². The Hall–Kier alpha value is -2.54. The van der Waals surface area contributed by atoms with Gasteiger partial charge >= 0.3 is 0 Å². The van der Waals surface area contributed by atoms with Gasteiger partial charge in [0, 0.05) is 6.20 Å². The lowest BCUT2D eigenvalue weighted by Gasteiger charge is -2.11. The van der Waals surface area contributed by atoms with Crippen molar-refractivity contribution in [3.63, 3.8) is 0 Å². The van der Waals surface area contributed by atoms with Crippen molar-refractivity contribution in [3.05, 3.63) is 47.8 Å². The van der Waals surface area contributed by atoms with E-state index in [4.69, 9.17) is 15.7 Å². The molecule has 2 rings (SSSR count).